The van der Waals surface area contributed by atoms with Gasteiger partial charge < -0.3 is 14.3 Å². The van der Waals surface area contributed by atoms with Gasteiger partial charge in [-0.2, -0.15) is 0 Å². The molecule has 0 saturated carbocycles. The van der Waals surface area contributed by atoms with Crippen molar-refractivity contribution in [2.75, 3.05) is 52.9 Å². The van der Waals surface area contributed by atoms with E-state index in [1.165, 1.54) is 58.7 Å². The van der Waals surface area contributed by atoms with Crippen LogP contribution in [0.2, 0.25) is 0 Å². The minimum absolute atomic E-state index is 0.811. The number of likely N-dealkylation sites (tertiary alicyclic amines) is 1. The monoisotopic (exact) mass is 292 g/mol. The minimum Gasteiger partial charge on any atom is -0.360 e. The van der Waals surface area contributed by atoms with Gasteiger partial charge in [-0.3, -0.25) is 4.90 Å². The van der Waals surface area contributed by atoms with E-state index < -0.39 is 0 Å². The normalized spacial score (nSPS) is 26.3. The maximum Gasteiger partial charge on any atom is 0.150 e. The van der Waals surface area contributed by atoms with Gasteiger partial charge in [0.25, 0.3) is 0 Å². The highest BCUT2D eigenvalue weighted by molar-refractivity contribution is 5.03. The number of aromatic nitrogens is 1. The van der Waals surface area contributed by atoms with Crippen LogP contribution in [0.25, 0.3) is 0 Å². The molecule has 1 atom stereocenters. The second-order valence-corrected chi connectivity index (χ2v) is 6.78. The van der Waals surface area contributed by atoms with E-state index in [1.54, 1.807) is 0 Å². The summed E-state index contributed by atoms with van der Waals surface area (Å²) in [6.45, 7) is 11.5. The molecule has 3 heterocycles. The Bertz CT molecular complexity index is 439. The summed E-state index contributed by atoms with van der Waals surface area (Å²) in [4.78, 5) is 7.60. The van der Waals surface area contributed by atoms with E-state index in [2.05, 4.69) is 33.0 Å². The molecule has 0 spiro atoms. The van der Waals surface area contributed by atoms with Crippen molar-refractivity contribution < 1.29 is 4.52 Å². The van der Waals surface area contributed by atoms with Crippen LogP contribution in [0, 0.1) is 12.8 Å². The number of nitrogens with zero attached hydrogens (tertiary/aromatic N) is 4. The zero-order valence-corrected chi connectivity index (χ0v) is 13.4. The Hall–Kier alpha value is -0.910. The van der Waals surface area contributed by atoms with Crippen LogP contribution in [-0.2, 0) is 6.54 Å². The third-order valence-corrected chi connectivity index (χ3v) is 4.77. The molecule has 0 aliphatic carbocycles. The van der Waals surface area contributed by atoms with Crippen molar-refractivity contribution in [3.63, 3.8) is 0 Å². The third kappa shape index (κ3) is 4.28. The third-order valence-electron chi connectivity index (χ3n) is 4.77. The highest BCUT2D eigenvalue weighted by Gasteiger charge is 2.24. The minimum atomic E-state index is 0.811. The van der Waals surface area contributed by atoms with E-state index >= 15 is 0 Å². The first kappa shape index (κ1) is 15.0. The second-order valence-electron chi connectivity index (χ2n) is 6.78. The lowest BCUT2D eigenvalue weighted by molar-refractivity contribution is 0.0927. The molecule has 2 aliphatic heterocycles. The van der Waals surface area contributed by atoms with Crippen molar-refractivity contribution in [1.29, 1.82) is 0 Å². The van der Waals surface area contributed by atoms with Crippen molar-refractivity contribution >= 4 is 0 Å². The Balaban J connectivity index is 1.46. The molecule has 3 rings (SSSR count). The fourth-order valence-corrected chi connectivity index (χ4v) is 3.55. The summed E-state index contributed by atoms with van der Waals surface area (Å²) in [5, 5.41) is 3.99. The van der Waals surface area contributed by atoms with Gasteiger partial charge in [-0.25, -0.2) is 0 Å². The number of hydrogen-bond acceptors (Lipinski definition) is 5. The highest BCUT2D eigenvalue weighted by Crippen LogP contribution is 2.20. The maximum absolute atomic E-state index is 5.36. The zero-order chi connectivity index (χ0) is 14.7. The molecular weight excluding hydrogens is 264 g/mol. The van der Waals surface area contributed by atoms with Crippen molar-refractivity contribution in [1.82, 2.24) is 19.9 Å². The Morgan fingerprint density at radius 3 is 2.71 bits per heavy atom. The van der Waals surface area contributed by atoms with Gasteiger partial charge in [-0.1, -0.05) is 5.16 Å². The standard InChI is InChI=1S/C16H28N4O/c1-14-10-16(21-17-14)13-20-5-3-4-15(12-20)11-19-8-6-18(2)7-9-19/h10,15H,3-9,11-13H2,1-2H3/t15-/m0/s1. The predicted molar refractivity (Wildman–Crippen MR) is 83.2 cm³/mol. The summed E-state index contributed by atoms with van der Waals surface area (Å²) >= 11 is 0. The topological polar surface area (TPSA) is 35.8 Å². The van der Waals surface area contributed by atoms with Crippen LogP contribution >= 0.6 is 0 Å². The van der Waals surface area contributed by atoms with Crippen molar-refractivity contribution in [3.8, 4) is 0 Å². The number of piperazine rings is 1. The number of piperidine rings is 1. The number of rotatable bonds is 4. The lowest BCUT2D eigenvalue weighted by Gasteiger charge is -2.38. The Morgan fingerprint density at radius 1 is 1.19 bits per heavy atom. The molecule has 2 saturated heterocycles. The van der Waals surface area contributed by atoms with Gasteiger partial charge in [0.2, 0.25) is 0 Å². The quantitative estimate of drug-likeness (QED) is 0.839. The van der Waals surface area contributed by atoms with Crippen molar-refractivity contribution in [2.45, 2.75) is 26.3 Å². The molecule has 5 nitrogen and oxygen atoms in total. The molecule has 2 aliphatic rings. The maximum atomic E-state index is 5.36. The van der Waals surface area contributed by atoms with E-state index in [4.69, 9.17) is 4.52 Å². The van der Waals surface area contributed by atoms with E-state index in [9.17, 15) is 0 Å². The van der Waals surface area contributed by atoms with E-state index in [0.29, 0.717) is 0 Å². The fourth-order valence-electron chi connectivity index (χ4n) is 3.55. The van der Waals surface area contributed by atoms with Crippen molar-refractivity contribution in [3.05, 3.63) is 17.5 Å². The molecule has 0 unspecified atom stereocenters. The zero-order valence-electron chi connectivity index (χ0n) is 13.4. The summed E-state index contributed by atoms with van der Waals surface area (Å²) in [5.74, 6) is 1.82. The Morgan fingerprint density at radius 2 is 2.00 bits per heavy atom. The fraction of sp³-hybridized carbons (Fsp3) is 0.812. The summed E-state index contributed by atoms with van der Waals surface area (Å²) < 4.78 is 5.36. The highest BCUT2D eigenvalue weighted by atomic mass is 16.5. The first-order chi connectivity index (χ1) is 10.2. The van der Waals surface area contributed by atoms with Gasteiger partial charge in [0, 0.05) is 45.3 Å². The van der Waals surface area contributed by atoms with E-state index in [1.807, 2.05) is 6.92 Å². The van der Waals surface area contributed by atoms with Crippen LogP contribution in [0.15, 0.2) is 10.6 Å². The average molecular weight is 292 g/mol. The molecule has 0 bridgehead atoms. The molecular formula is C16H28N4O. The average Bonchev–Trinajstić information content (AvgIpc) is 2.87. The molecule has 21 heavy (non-hydrogen) atoms. The lowest BCUT2D eigenvalue weighted by Crippen LogP contribution is -2.48. The summed E-state index contributed by atoms with van der Waals surface area (Å²) in [6.07, 6.45) is 2.68. The van der Waals surface area contributed by atoms with Crippen LogP contribution in [0.1, 0.15) is 24.3 Å². The Kier molecular flexibility index (Phi) is 4.93. The van der Waals surface area contributed by atoms with Gasteiger partial charge in [0.05, 0.1) is 12.2 Å². The summed E-state index contributed by atoms with van der Waals surface area (Å²) in [6, 6.07) is 2.06. The molecule has 2 fully saturated rings. The van der Waals surface area contributed by atoms with Crippen molar-refractivity contribution in [2.24, 2.45) is 5.92 Å². The molecule has 1 aromatic rings. The number of aryl methyl sites for hydroxylation is 1. The van der Waals surface area contributed by atoms with Gasteiger partial charge in [-0.05, 0) is 39.3 Å². The predicted octanol–water partition coefficient (Wildman–Crippen LogP) is 1.44. The first-order valence-corrected chi connectivity index (χ1v) is 8.24. The SMILES string of the molecule is Cc1cc(CN2CCC[C@@H](CN3CCN(C)CC3)C2)on1. The lowest BCUT2D eigenvalue weighted by atomic mass is 9.97. The molecule has 0 amide bonds. The smallest absolute Gasteiger partial charge is 0.150 e. The molecule has 0 N–H and O–H groups in total. The molecule has 5 heteroatoms. The van der Waals surface area contributed by atoms with Gasteiger partial charge in [-0.15, -0.1) is 0 Å². The van der Waals surface area contributed by atoms with Gasteiger partial charge >= 0.3 is 0 Å². The van der Waals surface area contributed by atoms with Crippen LogP contribution in [-0.4, -0.2) is 72.7 Å². The van der Waals surface area contributed by atoms with E-state index in [-0.39, 0.29) is 0 Å². The second kappa shape index (κ2) is 6.90. The molecule has 1 aromatic heterocycles. The first-order valence-electron chi connectivity index (χ1n) is 8.24. The Labute approximate surface area is 127 Å². The van der Waals surface area contributed by atoms with Crippen LogP contribution in [0.5, 0.6) is 0 Å². The summed E-state index contributed by atoms with van der Waals surface area (Å²) in [5.41, 5.74) is 0.982. The van der Waals surface area contributed by atoms with Crippen LogP contribution < -0.4 is 0 Å². The van der Waals surface area contributed by atoms with Crippen LogP contribution in [0.4, 0.5) is 0 Å². The van der Waals surface area contributed by atoms with Crippen LogP contribution in [0.3, 0.4) is 0 Å². The largest absolute Gasteiger partial charge is 0.360 e. The molecule has 0 radical (unpaired) electrons. The molecule has 0 aromatic carbocycles. The number of hydrogen-bond donors (Lipinski definition) is 0. The van der Waals surface area contributed by atoms with E-state index in [0.717, 1.165) is 23.9 Å². The van der Waals surface area contributed by atoms with Gasteiger partial charge in [0.1, 0.15) is 0 Å². The number of likely N-dealkylation sites (N-methyl/N-ethyl adjacent to an activating group) is 1. The molecule has 118 valence electrons. The van der Waals surface area contributed by atoms with Gasteiger partial charge in [0.15, 0.2) is 5.76 Å². The summed E-state index contributed by atoms with van der Waals surface area (Å²) in [7, 11) is 2.22.